The van der Waals surface area contributed by atoms with Crippen LogP contribution in [0, 0.1) is 0 Å². The summed E-state index contributed by atoms with van der Waals surface area (Å²) in [5, 5.41) is 6.05. The van der Waals surface area contributed by atoms with Gasteiger partial charge in [-0.15, -0.1) is 0 Å². The predicted molar refractivity (Wildman–Crippen MR) is 178 cm³/mol. The van der Waals surface area contributed by atoms with Crippen LogP contribution < -0.4 is 10.6 Å². The van der Waals surface area contributed by atoms with E-state index >= 15 is 0 Å². The third-order valence-corrected chi connectivity index (χ3v) is 8.67. The van der Waals surface area contributed by atoms with Crippen molar-refractivity contribution in [2.24, 2.45) is 0 Å². The first kappa shape index (κ1) is 31.1. The molecule has 0 saturated carbocycles. The fraction of sp³-hybridized carbons (Fsp3) is 0.308. The third-order valence-electron chi connectivity index (χ3n) is 8.67. The van der Waals surface area contributed by atoms with Gasteiger partial charge in [-0.25, -0.2) is 9.59 Å². The number of esters is 1. The van der Waals surface area contributed by atoms with Gasteiger partial charge in [-0.05, 0) is 91.1 Å². The van der Waals surface area contributed by atoms with Crippen LogP contribution in [0.5, 0.6) is 0 Å². The number of amides is 2. The van der Waals surface area contributed by atoms with E-state index in [1.807, 2.05) is 57.2 Å². The summed E-state index contributed by atoms with van der Waals surface area (Å²) in [7, 11) is 0. The number of ether oxygens (including phenoxy) is 2. The van der Waals surface area contributed by atoms with Gasteiger partial charge in [0.2, 0.25) is 5.91 Å². The van der Waals surface area contributed by atoms with Crippen LogP contribution in [0.25, 0.3) is 11.1 Å². The van der Waals surface area contributed by atoms with E-state index in [9.17, 15) is 14.4 Å². The van der Waals surface area contributed by atoms with Gasteiger partial charge in [0.1, 0.15) is 18.2 Å². The number of carbonyl (C=O) groups excluding carboxylic acids is 3. The van der Waals surface area contributed by atoms with E-state index < -0.39 is 23.7 Å². The smallest absolute Gasteiger partial charge is 0.407 e. The van der Waals surface area contributed by atoms with Crippen molar-refractivity contribution in [3.63, 3.8) is 0 Å². The zero-order valence-corrected chi connectivity index (χ0v) is 26.5. The summed E-state index contributed by atoms with van der Waals surface area (Å²) >= 11 is 0. The van der Waals surface area contributed by atoms with Crippen LogP contribution in [0.1, 0.15) is 83.7 Å². The highest BCUT2D eigenvalue weighted by atomic mass is 16.6. The molecule has 46 heavy (non-hydrogen) atoms. The molecule has 0 radical (unpaired) electrons. The minimum Gasteiger partial charge on any atom is -0.456 e. The third kappa shape index (κ3) is 6.99. The van der Waals surface area contributed by atoms with Crippen LogP contribution in [-0.2, 0) is 27.1 Å². The summed E-state index contributed by atoms with van der Waals surface area (Å²) in [5.41, 5.74) is 7.47. The summed E-state index contributed by atoms with van der Waals surface area (Å²) in [4.78, 5) is 39.7. The highest BCUT2D eigenvalue weighted by Crippen LogP contribution is 2.44. The lowest BCUT2D eigenvalue weighted by Gasteiger charge is -2.28. The molecule has 6 rings (SSSR count). The number of alkyl carbamates (subject to hydrolysis) is 1. The molecule has 2 aliphatic rings. The Morgan fingerprint density at radius 3 is 2.07 bits per heavy atom. The lowest BCUT2D eigenvalue weighted by atomic mass is 9.87. The Labute approximate surface area is 270 Å². The molecule has 7 heteroatoms. The molecule has 7 nitrogen and oxygen atoms in total. The molecule has 2 aliphatic carbocycles. The second kappa shape index (κ2) is 13.2. The molecule has 0 saturated heterocycles. The molecule has 0 spiro atoms. The Morgan fingerprint density at radius 2 is 1.41 bits per heavy atom. The van der Waals surface area contributed by atoms with Gasteiger partial charge in [0.25, 0.3) is 0 Å². The highest BCUT2D eigenvalue weighted by Gasteiger charge is 2.31. The maximum atomic E-state index is 13.8. The fourth-order valence-corrected chi connectivity index (χ4v) is 6.52. The van der Waals surface area contributed by atoms with Crippen molar-refractivity contribution in [3.05, 3.63) is 130 Å². The number of hydrogen-bond acceptors (Lipinski definition) is 5. The molecule has 2 N–H and O–H groups in total. The Hall–Kier alpha value is -4.91. The van der Waals surface area contributed by atoms with Gasteiger partial charge in [-0.3, -0.25) is 4.79 Å². The molecular formula is C39H40N2O5. The van der Waals surface area contributed by atoms with E-state index in [4.69, 9.17) is 9.47 Å². The molecule has 0 fully saturated rings. The van der Waals surface area contributed by atoms with Gasteiger partial charge in [0, 0.05) is 12.3 Å². The van der Waals surface area contributed by atoms with Crippen LogP contribution in [0.3, 0.4) is 0 Å². The van der Waals surface area contributed by atoms with E-state index in [2.05, 4.69) is 47.0 Å². The molecule has 4 aromatic carbocycles. The number of fused-ring (bicyclic) bond motifs is 4. The zero-order chi connectivity index (χ0) is 32.3. The molecule has 1 unspecified atom stereocenters. The topological polar surface area (TPSA) is 93.7 Å². The normalized spacial score (nSPS) is 15.9. The Balaban J connectivity index is 1.18. The van der Waals surface area contributed by atoms with Crippen LogP contribution in [0.4, 0.5) is 4.79 Å². The van der Waals surface area contributed by atoms with Gasteiger partial charge in [0.15, 0.2) is 0 Å². The van der Waals surface area contributed by atoms with Crippen molar-refractivity contribution < 1.29 is 23.9 Å². The SMILES string of the molecule is CC(C)(C)OC(=O)c1ccc(CC(NC(=O)OCC2c3ccccc3-c3ccccc32)C(=O)N[C@@H]2CCCc3ccccc32)cc1. The maximum Gasteiger partial charge on any atom is 0.407 e. The summed E-state index contributed by atoms with van der Waals surface area (Å²) in [6.07, 6.45) is 2.34. The zero-order valence-electron chi connectivity index (χ0n) is 26.5. The van der Waals surface area contributed by atoms with E-state index in [1.54, 1.807) is 24.3 Å². The van der Waals surface area contributed by atoms with E-state index in [0.717, 1.165) is 52.6 Å². The van der Waals surface area contributed by atoms with Gasteiger partial charge >= 0.3 is 12.1 Å². The van der Waals surface area contributed by atoms with Gasteiger partial charge in [-0.2, -0.15) is 0 Å². The van der Waals surface area contributed by atoms with E-state index in [-0.39, 0.29) is 30.9 Å². The van der Waals surface area contributed by atoms with Gasteiger partial charge < -0.3 is 20.1 Å². The number of benzene rings is 4. The van der Waals surface area contributed by atoms with E-state index in [0.29, 0.717) is 5.56 Å². The lowest BCUT2D eigenvalue weighted by Crippen LogP contribution is -2.49. The second-order valence-electron chi connectivity index (χ2n) is 13.1. The van der Waals surface area contributed by atoms with Gasteiger partial charge in [-0.1, -0.05) is 84.9 Å². The van der Waals surface area contributed by atoms with Crippen molar-refractivity contribution in [1.82, 2.24) is 10.6 Å². The van der Waals surface area contributed by atoms with Crippen molar-refractivity contribution in [2.75, 3.05) is 6.61 Å². The highest BCUT2D eigenvalue weighted by molar-refractivity contribution is 5.90. The minimum atomic E-state index is -0.892. The van der Waals surface area contributed by atoms with Crippen LogP contribution >= 0.6 is 0 Å². The average molecular weight is 617 g/mol. The van der Waals surface area contributed by atoms with E-state index in [1.165, 1.54) is 5.56 Å². The number of nitrogens with one attached hydrogen (secondary N) is 2. The average Bonchev–Trinajstić information content (AvgIpc) is 3.36. The molecular weight excluding hydrogens is 576 g/mol. The minimum absolute atomic E-state index is 0.0930. The summed E-state index contributed by atoms with van der Waals surface area (Å²) in [6, 6.07) is 30.4. The molecule has 4 aromatic rings. The quantitative estimate of drug-likeness (QED) is 0.203. The molecule has 236 valence electrons. The van der Waals surface area contributed by atoms with Crippen LogP contribution in [-0.4, -0.2) is 36.2 Å². The molecule has 0 heterocycles. The van der Waals surface area contributed by atoms with Crippen molar-refractivity contribution >= 4 is 18.0 Å². The molecule has 0 aromatic heterocycles. The molecule has 2 amide bonds. The summed E-state index contributed by atoms with van der Waals surface area (Å²) in [6.45, 7) is 5.61. The number of carbonyl (C=O) groups is 3. The summed E-state index contributed by atoms with van der Waals surface area (Å²) in [5.74, 6) is -0.794. The first-order valence-electron chi connectivity index (χ1n) is 16.0. The predicted octanol–water partition coefficient (Wildman–Crippen LogP) is 7.29. The molecule has 0 aliphatic heterocycles. The fourth-order valence-electron chi connectivity index (χ4n) is 6.52. The second-order valence-corrected chi connectivity index (χ2v) is 13.1. The van der Waals surface area contributed by atoms with Crippen LogP contribution in [0.2, 0.25) is 0 Å². The van der Waals surface area contributed by atoms with Crippen LogP contribution in [0.15, 0.2) is 97.1 Å². The number of aryl methyl sites for hydroxylation is 1. The standard InChI is InChI=1S/C39H40N2O5/c1-39(2,3)46-37(43)27-21-19-25(20-22-27)23-35(36(42)40-34-18-10-12-26-11-4-5-13-28(26)34)41-38(44)45-24-33-31-16-8-6-14-29(31)30-15-7-9-17-32(30)33/h4-9,11,13-17,19-22,33-35H,10,12,18,23-24H2,1-3H3,(H,40,42)(H,41,44)/t34-,35?/m1/s1. The van der Waals surface area contributed by atoms with Crippen molar-refractivity contribution in [1.29, 1.82) is 0 Å². The Morgan fingerprint density at radius 1 is 0.804 bits per heavy atom. The largest absolute Gasteiger partial charge is 0.456 e. The van der Waals surface area contributed by atoms with Crippen molar-refractivity contribution in [3.8, 4) is 11.1 Å². The Kier molecular flexibility index (Phi) is 8.93. The molecule has 0 bridgehead atoms. The van der Waals surface area contributed by atoms with Gasteiger partial charge in [0.05, 0.1) is 11.6 Å². The summed E-state index contributed by atoms with van der Waals surface area (Å²) < 4.78 is 11.3. The number of hydrogen-bond donors (Lipinski definition) is 2. The first-order valence-corrected chi connectivity index (χ1v) is 16.0. The lowest BCUT2D eigenvalue weighted by molar-refractivity contribution is -0.124. The van der Waals surface area contributed by atoms with Crippen molar-refractivity contribution in [2.45, 2.75) is 70.1 Å². The number of rotatable bonds is 8. The first-order chi connectivity index (χ1) is 22.2. The molecule has 2 atom stereocenters. The Bertz CT molecular complexity index is 1690. The monoisotopic (exact) mass is 616 g/mol. The maximum absolute atomic E-state index is 13.8.